The molecule has 4 nitrogen and oxygen atoms in total. The standard InChI is InChI=1S/C14H16N2O2S/c1-9-5-4-6-11-12(9)15-8-16-13(11)19-7-10(2)14(17)18-3/h4-6,8,10H,7H2,1-3H3/t10-/m0/s1. The maximum atomic E-state index is 11.4. The van der Waals surface area contributed by atoms with Crippen molar-refractivity contribution in [1.29, 1.82) is 0 Å². The molecule has 1 heterocycles. The average molecular weight is 276 g/mol. The Balaban J connectivity index is 2.22. The number of hydrogen-bond acceptors (Lipinski definition) is 5. The first-order chi connectivity index (χ1) is 9.13. The van der Waals surface area contributed by atoms with Gasteiger partial charge in [-0.2, -0.15) is 0 Å². The molecule has 0 spiro atoms. The molecule has 0 amide bonds. The van der Waals surface area contributed by atoms with Gasteiger partial charge in [-0.3, -0.25) is 4.79 Å². The summed E-state index contributed by atoms with van der Waals surface area (Å²) in [7, 11) is 1.41. The fourth-order valence-electron chi connectivity index (χ4n) is 1.80. The number of rotatable bonds is 4. The van der Waals surface area contributed by atoms with Crippen LogP contribution in [-0.4, -0.2) is 28.8 Å². The van der Waals surface area contributed by atoms with Gasteiger partial charge in [0.05, 0.1) is 18.5 Å². The van der Waals surface area contributed by atoms with E-state index in [2.05, 4.69) is 9.97 Å². The molecule has 1 aromatic heterocycles. The molecule has 0 aliphatic rings. The molecule has 0 bridgehead atoms. The second kappa shape index (κ2) is 6.02. The van der Waals surface area contributed by atoms with E-state index in [1.54, 1.807) is 18.1 Å². The Hall–Kier alpha value is -1.62. The third-order valence-electron chi connectivity index (χ3n) is 2.90. The van der Waals surface area contributed by atoms with Crippen LogP contribution < -0.4 is 0 Å². The predicted octanol–water partition coefficient (Wildman–Crippen LogP) is 2.84. The van der Waals surface area contributed by atoms with Gasteiger partial charge < -0.3 is 4.74 Å². The number of ether oxygens (including phenoxy) is 1. The molecular formula is C14H16N2O2S. The normalized spacial score (nSPS) is 12.4. The van der Waals surface area contributed by atoms with Crippen LogP contribution in [0.2, 0.25) is 0 Å². The summed E-state index contributed by atoms with van der Waals surface area (Å²) in [4.78, 5) is 20.0. The summed E-state index contributed by atoms with van der Waals surface area (Å²) in [6.07, 6.45) is 1.57. The highest BCUT2D eigenvalue weighted by atomic mass is 32.2. The quantitative estimate of drug-likeness (QED) is 0.488. The topological polar surface area (TPSA) is 52.1 Å². The number of benzene rings is 1. The van der Waals surface area contributed by atoms with Gasteiger partial charge in [-0.15, -0.1) is 11.8 Å². The molecule has 2 rings (SSSR count). The number of aryl methyl sites for hydroxylation is 1. The van der Waals surface area contributed by atoms with Crippen LogP contribution in [0, 0.1) is 12.8 Å². The fraction of sp³-hybridized carbons (Fsp3) is 0.357. The zero-order valence-electron chi connectivity index (χ0n) is 11.2. The third kappa shape index (κ3) is 3.04. The molecule has 0 aliphatic heterocycles. The van der Waals surface area contributed by atoms with Crippen LogP contribution in [0.1, 0.15) is 12.5 Å². The average Bonchev–Trinajstić information content (AvgIpc) is 2.44. The Bertz CT molecular complexity index is 601. The zero-order valence-corrected chi connectivity index (χ0v) is 12.0. The monoisotopic (exact) mass is 276 g/mol. The largest absolute Gasteiger partial charge is 0.469 e. The molecule has 0 aliphatic carbocycles. The molecule has 100 valence electrons. The van der Waals surface area contributed by atoms with Crippen molar-refractivity contribution in [2.75, 3.05) is 12.9 Å². The van der Waals surface area contributed by atoms with E-state index in [4.69, 9.17) is 4.74 Å². The lowest BCUT2D eigenvalue weighted by atomic mass is 10.1. The Labute approximate surface area is 116 Å². The smallest absolute Gasteiger partial charge is 0.309 e. The number of aromatic nitrogens is 2. The Morgan fingerprint density at radius 3 is 2.95 bits per heavy atom. The summed E-state index contributed by atoms with van der Waals surface area (Å²) in [5, 5.41) is 1.94. The zero-order chi connectivity index (χ0) is 13.8. The number of fused-ring (bicyclic) bond motifs is 1. The van der Waals surface area contributed by atoms with E-state index in [0.29, 0.717) is 5.75 Å². The SMILES string of the molecule is COC(=O)[C@@H](C)CSc1ncnc2c(C)cccc12. The van der Waals surface area contributed by atoms with Gasteiger partial charge >= 0.3 is 5.97 Å². The number of para-hydroxylation sites is 1. The van der Waals surface area contributed by atoms with E-state index in [-0.39, 0.29) is 11.9 Å². The second-order valence-electron chi connectivity index (χ2n) is 4.39. The van der Waals surface area contributed by atoms with Crippen LogP contribution >= 0.6 is 11.8 Å². The van der Waals surface area contributed by atoms with Gasteiger partial charge in [-0.1, -0.05) is 25.1 Å². The van der Waals surface area contributed by atoms with Gasteiger partial charge in [0, 0.05) is 11.1 Å². The first kappa shape index (κ1) is 13.8. The van der Waals surface area contributed by atoms with Crippen molar-refractivity contribution in [3.05, 3.63) is 30.1 Å². The first-order valence-electron chi connectivity index (χ1n) is 6.04. The summed E-state index contributed by atoms with van der Waals surface area (Å²) in [5.41, 5.74) is 2.09. The summed E-state index contributed by atoms with van der Waals surface area (Å²) in [6, 6.07) is 6.03. The van der Waals surface area contributed by atoms with Crippen LogP contribution in [0.5, 0.6) is 0 Å². The first-order valence-corrected chi connectivity index (χ1v) is 7.03. The minimum atomic E-state index is -0.193. The van der Waals surface area contributed by atoms with Crippen LogP contribution in [0.15, 0.2) is 29.6 Å². The molecule has 0 saturated carbocycles. The molecule has 19 heavy (non-hydrogen) atoms. The summed E-state index contributed by atoms with van der Waals surface area (Å²) in [6.45, 7) is 3.88. The molecule has 0 fully saturated rings. The lowest BCUT2D eigenvalue weighted by Crippen LogP contribution is -2.14. The molecule has 0 N–H and O–H groups in total. The van der Waals surface area contributed by atoms with Crippen LogP contribution in [0.25, 0.3) is 10.9 Å². The molecule has 0 radical (unpaired) electrons. The second-order valence-corrected chi connectivity index (χ2v) is 5.39. The van der Waals surface area contributed by atoms with Crippen LogP contribution in [0.4, 0.5) is 0 Å². The van der Waals surface area contributed by atoms with Crippen molar-refractivity contribution < 1.29 is 9.53 Å². The minimum Gasteiger partial charge on any atom is -0.469 e. The van der Waals surface area contributed by atoms with Crippen molar-refractivity contribution in [2.45, 2.75) is 18.9 Å². The van der Waals surface area contributed by atoms with Crippen LogP contribution in [-0.2, 0) is 9.53 Å². The Morgan fingerprint density at radius 2 is 2.21 bits per heavy atom. The van der Waals surface area contributed by atoms with Crippen LogP contribution in [0.3, 0.4) is 0 Å². The van der Waals surface area contributed by atoms with E-state index in [9.17, 15) is 4.79 Å². The van der Waals surface area contributed by atoms with Gasteiger partial charge in [0.15, 0.2) is 0 Å². The van der Waals surface area contributed by atoms with Gasteiger partial charge in [0.2, 0.25) is 0 Å². The molecule has 1 aromatic carbocycles. The Morgan fingerprint density at radius 1 is 1.42 bits per heavy atom. The molecule has 0 saturated heterocycles. The molecule has 1 atom stereocenters. The number of thioether (sulfide) groups is 1. The number of methoxy groups -OCH3 is 1. The number of nitrogens with zero attached hydrogens (tertiary/aromatic N) is 2. The summed E-state index contributed by atoms with van der Waals surface area (Å²) >= 11 is 1.56. The van der Waals surface area contributed by atoms with Crippen molar-refractivity contribution in [3.8, 4) is 0 Å². The Kier molecular flexibility index (Phi) is 4.37. The summed E-state index contributed by atoms with van der Waals surface area (Å²) in [5.74, 6) is 0.305. The van der Waals surface area contributed by atoms with E-state index in [0.717, 1.165) is 21.5 Å². The highest BCUT2D eigenvalue weighted by molar-refractivity contribution is 7.99. The van der Waals surface area contributed by atoms with E-state index < -0.39 is 0 Å². The van der Waals surface area contributed by atoms with Gasteiger partial charge in [0.25, 0.3) is 0 Å². The highest BCUT2D eigenvalue weighted by Crippen LogP contribution is 2.27. The summed E-state index contributed by atoms with van der Waals surface area (Å²) < 4.78 is 4.72. The number of carbonyl (C=O) groups excluding carboxylic acids is 1. The van der Waals surface area contributed by atoms with E-state index >= 15 is 0 Å². The molecule has 0 unspecified atom stereocenters. The van der Waals surface area contributed by atoms with Crippen molar-refractivity contribution in [3.63, 3.8) is 0 Å². The lowest BCUT2D eigenvalue weighted by molar-refractivity contribution is -0.143. The maximum absolute atomic E-state index is 11.4. The van der Waals surface area contributed by atoms with E-state index in [1.165, 1.54) is 7.11 Å². The van der Waals surface area contributed by atoms with E-state index in [1.807, 2.05) is 32.0 Å². The van der Waals surface area contributed by atoms with Gasteiger partial charge in [-0.05, 0) is 12.5 Å². The van der Waals surface area contributed by atoms with Crippen molar-refractivity contribution in [1.82, 2.24) is 9.97 Å². The molecule has 5 heteroatoms. The fourth-order valence-corrected chi connectivity index (χ4v) is 2.79. The number of hydrogen-bond donors (Lipinski definition) is 0. The number of carbonyl (C=O) groups is 1. The molecular weight excluding hydrogens is 260 g/mol. The van der Waals surface area contributed by atoms with Crippen molar-refractivity contribution in [2.24, 2.45) is 5.92 Å². The highest BCUT2D eigenvalue weighted by Gasteiger charge is 2.15. The third-order valence-corrected chi connectivity index (χ3v) is 4.17. The lowest BCUT2D eigenvalue weighted by Gasteiger charge is -2.09. The predicted molar refractivity (Wildman–Crippen MR) is 76.2 cm³/mol. The van der Waals surface area contributed by atoms with Gasteiger partial charge in [-0.25, -0.2) is 9.97 Å². The number of esters is 1. The maximum Gasteiger partial charge on any atom is 0.309 e. The van der Waals surface area contributed by atoms with Gasteiger partial charge in [0.1, 0.15) is 11.4 Å². The molecule has 2 aromatic rings. The van der Waals surface area contributed by atoms with Crippen molar-refractivity contribution >= 4 is 28.6 Å². The minimum absolute atomic E-state index is 0.148.